The maximum Gasteiger partial charge on any atom is 0.0351 e. The molecule has 4 rings (SSSR count). The van der Waals surface area contributed by atoms with E-state index in [2.05, 4.69) is 39.4 Å². The lowest BCUT2D eigenvalue weighted by Crippen LogP contribution is -2.35. The van der Waals surface area contributed by atoms with E-state index in [1.165, 1.54) is 108 Å². The quantitative estimate of drug-likeness (QED) is 0.615. The first kappa shape index (κ1) is 19.3. The van der Waals surface area contributed by atoms with Crippen molar-refractivity contribution in [1.82, 2.24) is 9.80 Å². The molecule has 0 aromatic heterocycles. The number of hydrogen-bond acceptors (Lipinski definition) is 3. The molecule has 2 atom stereocenters. The van der Waals surface area contributed by atoms with Crippen LogP contribution < -0.4 is 5.32 Å². The second-order valence-corrected chi connectivity index (χ2v) is 8.99. The minimum absolute atomic E-state index is 0.680. The molecule has 27 heavy (non-hydrogen) atoms. The van der Waals surface area contributed by atoms with Crippen molar-refractivity contribution in [3.8, 4) is 0 Å². The fourth-order valence-electron chi connectivity index (χ4n) is 5.49. The number of nitrogens with one attached hydrogen (secondary N) is 1. The summed E-state index contributed by atoms with van der Waals surface area (Å²) in [6.45, 7) is 6.41. The third-order valence-electron chi connectivity index (χ3n) is 7.07. The smallest absolute Gasteiger partial charge is 0.0351 e. The summed E-state index contributed by atoms with van der Waals surface area (Å²) in [5.41, 5.74) is 2.83. The topological polar surface area (TPSA) is 18.5 Å². The van der Waals surface area contributed by atoms with Crippen LogP contribution in [-0.2, 0) is 0 Å². The molecule has 0 amide bonds. The number of hydrogen-bond donors (Lipinski definition) is 1. The van der Waals surface area contributed by atoms with Crippen LogP contribution in [0.3, 0.4) is 0 Å². The van der Waals surface area contributed by atoms with Crippen molar-refractivity contribution in [3.05, 3.63) is 29.8 Å². The molecular formula is C24H39N3. The van der Waals surface area contributed by atoms with E-state index in [9.17, 15) is 0 Å². The monoisotopic (exact) mass is 369 g/mol. The molecular weight excluding hydrogens is 330 g/mol. The predicted octanol–water partition coefficient (Wildman–Crippen LogP) is 5.44. The molecule has 0 bridgehead atoms. The van der Waals surface area contributed by atoms with Crippen molar-refractivity contribution < 1.29 is 0 Å². The highest BCUT2D eigenvalue weighted by Gasteiger charge is 2.35. The third-order valence-corrected chi connectivity index (χ3v) is 7.07. The summed E-state index contributed by atoms with van der Waals surface area (Å²) in [6.07, 6.45) is 15.3. The summed E-state index contributed by atoms with van der Waals surface area (Å²) in [4.78, 5) is 5.44. The number of piperidine rings is 2. The van der Waals surface area contributed by atoms with E-state index in [-0.39, 0.29) is 0 Å². The van der Waals surface area contributed by atoms with Crippen LogP contribution in [0.5, 0.6) is 0 Å². The molecule has 3 nitrogen and oxygen atoms in total. The average Bonchev–Trinajstić information content (AvgIpc) is 3.16. The Balaban J connectivity index is 1.14. The van der Waals surface area contributed by atoms with Gasteiger partial charge < -0.3 is 10.2 Å². The summed E-state index contributed by atoms with van der Waals surface area (Å²) in [5, 5.41) is 3.63. The van der Waals surface area contributed by atoms with E-state index in [0.29, 0.717) is 6.04 Å². The Morgan fingerprint density at radius 3 is 2.44 bits per heavy atom. The van der Waals surface area contributed by atoms with E-state index in [4.69, 9.17) is 0 Å². The Bertz CT molecular complexity index is 549. The Morgan fingerprint density at radius 2 is 1.59 bits per heavy atom. The van der Waals surface area contributed by atoms with Crippen LogP contribution in [0.15, 0.2) is 24.3 Å². The molecule has 150 valence electrons. The zero-order chi connectivity index (χ0) is 18.3. The molecule has 0 aliphatic carbocycles. The number of nitrogens with zero attached hydrogens (tertiary/aromatic N) is 2. The molecule has 3 aliphatic rings. The van der Waals surface area contributed by atoms with Gasteiger partial charge in [-0.1, -0.05) is 31.4 Å². The molecule has 0 unspecified atom stereocenters. The van der Waals surface area contributed by atoms with Crippen molar-refractivity contribution in [3.63, 3.8) is 0 Å². The Kier molecular flexibility index (Phi) is 7.09. The fraction of sp³-hybridized carbons (Fsp3) is 0.750. The molecule has 0 spiro atoms. The van der Waals surface area contributed by atoms with E-state index < -0.39 is 0 Å². The van der Waals surface area contributed by atoms with Crippen molar-refractivity contribution in [2.24, 2.45) is 0 Å². The van der Waals surface area contributed by atoms with Gasteiger partial charge in [-0.2, -0.15) is 0 Å². The second-order valence-electron chi connectivity index (χ2n) is 8.99. The summed E-state index contributed by atoms with van der Waals surface area (Å²) in [6, 6.07) is 10.9. The fourth-order valence-corrected chi connectivity index (χ4v) is 5.49. The number of anilines is 1. The molecule has 1 aromatic carbocycles. The molecule has 3 heteroatoms. The van der Waals surface area contributed by atoms with Crippen molar-refractivity contribution in [2.75, 3.05) is 38.0 Å². The third kappa shape index (κ3) is 5.26. The highest BCUT2D eigenvalue weighted by Crippen LogP contribution is 2.40. The molecule has 0 radical (unpaired) electrons. The van der Waals surface area contributed by atoms with Gasteiger partial charge in [0.1, 0.15) is 0 Å². The Hall–Kier alpha value is -1.06. The van der Waals surface area contributed by atoms with Crippen LogP contribution in [0.1, 0.15) is 82.2 Å². The summed E-state index contributed by atoms with van der Waals surface area (Å²) < 4.78 is 0. The largest absolute Gasteiger partial charge is 0.385 e. The van der Waals surface area contributed by atoms with Crippen LogP contribution in [0.2, 0.25) is 0 Å². The Labute approximate surface area is 166 Å². The number of benzene rings is 1. The first-order chi connectivity index (χ1) is 13.4. The van der Waals surface area contributed by atoms with Gasteiger partial charge in [0, 0.05) is 24.3 Å². The molecule has 3 aliphatic heterocycles. The van der Waals surface area contributed by atoms with Crippen LogP contribution in [0.4, 0.5) is 5.69 Å². The van der Waals surface area contributed by atoms with Gasteiger partial charge in [-0.05, 0) is 95.2 Å². The molecule has 3 fully saturated rings. The van der Waals surface area contributed by atoms with Gasteiger partial charge in [0.25, 0.3) is 0 Å². The standard InChI is InChI=1S/C24H39N3/c1(5-17-26-18-6-2-7-19-26)4-16-25-22-12-10-21(11-13-22)24-15-14-23-9-3-8-20-27(23)24/h10-13,23-25H,1-9,14-20H2/t23-,24+/m1/s1. The highest BCUT2D eigenvalue weighted by molar-refractivity contribution is 5.45. The van der Waals surface area contributed by atoms with Crippen LogP contribution in [-0.4, -0.2) is 48.6 Å². The minimum Gasteiger partial charge on any atom is -0.385 e. The number of likely N-dealkylation sites (tertiary alicyclic amines) is 1. The van der Waals surface area contributed by atoms with Crippen LogP contribution >= 0.6 is 0 Å². The average molecular weight is 370 g/mol. The zero-order valence-electron chi connectivity index (χ0n) is 17.2. The maximum absolute atomic E-state index is 3.63. The van der Waals surface area contributed by atoms with Crippen molar-refractivity contribution in [2.45, 2.75) is 82.7 Å². The summed E-state index contributed by atoms with van der Waals surface area (Å²) in [5.74, 6) is 0. The van der Waals surface area contributed by atoms with Crippen molar-refractivity contribution in [1.29, 1.82) is 0 Å². The summed E-state index contributed by atoms with van der Waals surface area (Å²) in [7, 11) is 0. The van der Waals surface area contributed by atoms with E-state index >= 15 is 0 Å². The van der Waals surface area contributed by atoms with Crippen molar-refractivity contribution >= 4 is 5.69 Å². The molecule has 1 N–H and O–H groups in total. The zero-order valence-corrected chi connectivity index (χ0v) is 17.2. The van der Waals surface area contributed by atoms with Gasteiger partial charge in [0.15, 0.2) is 0 Å². The Morgan fingerprint density at radius 1 is 0.778 bits per heavy atom. The minimum atomic E-state index is 0.680. The number of rotatable bonds is 8. The molecule has 3 heterocycles. The van der Waals surface area contributed by atoms with Gasteiger partial charge >= 0.3 is 0 Å². The predicted molar refractivity (Wildman–Crippen MR) is 115 cm³/mol. The molecule has 0 saturated carbocycles. The normalized spacial score (nSPS) is 26.8. The highest BCUT2D eigenvalue weighted by atomic mass is 15.2. The second kappa shape index (κ2) is 9.93. The number of fused-ring (bicyclic) bond motifs is 1. The van der Waals surface area contributed by atoms with E-state index in [1.807, 2.05) is 0 Å². The number of unbranched alkanes of at least 4 members (excludes halogenated alkanes) is 2. The first-order valence-corrected chi connectivity index (χ1v) is 11.7. The van der Waals surface area contributed by atoms with Gasteiger partial charge in [0.05, 0.1) is 0 Å². The van der Waals surface area contributed by atoms with Crippen LogP contribution in [0.25, 0.3) is 0 Å². The molecule has 3 saturated heterocycles. The lowest BCUT2D eigenvalue weighted by molar-refractivity contribution is 0.150. The summed E-state index contributed by atoms with van der Waals surface area (Å²) >= 11 is 0. The molecule has 1 aromatic rings. The lowest BCUT2D eigenvalue weighted by Gasteiger charge is -2.34. The van der Waals surface area contributed by atoms with Gasteiger partial charge in [-0.25, -0.2) is 0 Å². The maximum atomic E-state index is 3.63. The first-order valence-electron chi connectivity index (χ1n) is 11.7. The van der Waals surface area contributed by atoms with E-state index in [1.54, 1.807) is 0 Å². The van der Waals surface area contributed by atoms with E-state index in [0.717, 1.165) is 12.6 Å². The SMILES string of the molecule is c1cc([C@@H]2CC[C@H]3CCCCN32)ccc1NCCCCCN1CCCCC1. The van der Waals surface area contributed by atoms with Gasteiger partial charge in [-0.15, -0.1) is 0 Å². The lowest BCUT2D eigenvalue weighted by atomic mass is 10.0. The van der Waals surface area contributed by atoms with Crippen LogP contribution in [0, 0.1) is 0 Å². The van der Waals surface area contributed by atoms with Gasteiger partial charge in [0.2, 0.25) is 0 Å². The van der Waals surface area contributed by atoms with Gasteiger partial charge in [-0.3, -0.25) is 4.90 Å².